The van der Waals surface area contributed by atoms with Crippen LogP contribution >= 0.6 is 0 Å². The van der Waals surface area contributed by atoms with Gasteiger partial charge in [-0.3, -0.25) is 0 Å². The van der Waals surface area contributed by atoms with Crippen LogP contribution in [0.3, 0.4) is 0 Å². The molecule has 1 aromatic rings. The second kappa shape index (κ2) is 7.52. The Bertz CT molecular complexity index is 445. The molecule has 118 valence electrons. The van der Waals surface area contributed by atoms with E-state index in [1.165, 1.54) is 0 Å². The fourth-order valence-electron chi connectivity index (χ4n) is 2.49. The SMILES string of the molecule is COc1cc(CNC(CCO)C(C)C)cc2c1OCCO2. The predicted molar refractivity (Wildman–Crippen MR) is 81.2 cm³/mol. The highest BCUT2D eigenvalue weighted by Gasteiger charge is 2.19. The first-order valence-corrected chi connectivity index (χ1v) is 7.46. The molecule has 1 atom stereocenters. The molecule has 1 unspecified atom stereocenters. The second-order valence-corrected chi connectivity index (χ2v) is 5.57. The molecule has 1 aliphatic rings. The standard InChI is InChI=1S/C16H25NO4/c1-11(2)13(4-5-18)17-10-12-8-14(19-3)16-15(9-12)20-6-7-21-16/h8-9,11,13,17-18H,4-7,10H2,1-3H3. The molecule has 0 fully saturated rings. The summed E-state index contributed by atoms with van der Waals surface area (Å²) in [5.41, 5.74) is 1.08. The van der Waals surface area contributed by atoms with Crippen LogP contribution in [0.5, 0.6) is 17.2 Å². The van der Waals surface area contributed by atoms with Crippen molar-refractivity contribution < 1.29 is 19.3 Å². The summed E-state index contributed by atoms with van der Waals surface area (Å²) < 4.78 is 16.6. The predicted octanol–water partition coefficient (Wildman–Crippen LogP) is 1.96. The normalized spacial score (nSPS) is 15.1. The van der Waals surface area contributed by atoms with E-state index in [0.717, 1.165) is 17.7 Å². The molecule has 0 spiro atoms. The zero-order chi connectivity index (χ0) is 15.2. The molecule has 5 nitrogen and oxygen atoms in total. The van der Waals surface area contributed by atoms with E-state index in [1.807, 2.05) is 12.1 Å². The molecule has 2 rings (SSSR count). The summed E-state index contributed by atoms with van der Waals surface area (Å²) in [7, 11) is 1.63. The molecule has 0 saturated heterocycles. The van der Waals surface area contributed by atoms with Gasteiger partial charge in [0.25, 0.3) is 0 Å². The number of ether oxygens (including phenoxy) is 3. The van der Waals surface area contributed by atoms with Crippen molar-refractivity contribution in [3.8, 4) is 17.2 Å². The highest BCUT2D eigenvalue weighted by molar-refractivity contribution is 5.54. The lowest BCUT2D eigenvalue weighted by Crippen LogP contribution is -2.34. The molecule has 0 saturated carbocycles. The molecule has 0 aliphatic carbocycles. The molecular weight excluding hydrogens is 270 g/mol. The molecule has 1 aromatic carbocycles. The molecule has 1 aliphatic heterocycles. The van der Waals surface area contributed by atoms with Gasteiger partial charge in [-0.15, -0.1) is 0 Å². The van der Waals surface area contributed by atoms with Gasteiger partial charge in [-0.2, -0.15) is 0 Å². The fourth-order valence-corrected chi connectivity index (χ4v) is 2.49. The Morgan fingerprint density at radius 1 is 1.29 bits per heavy atom. The van der Waals surface area contributed by atoms with E-state index >= 15 is 0 Å². The van der Waals surface area contributed by atoms with Crippen LogP contribution < -0.4 is 19.5 Å². The molecule has 0 radical (unpaired) electrons. The summed E-state index contributed by atoms with van der Waals surface area (Å²) in [5.74, 6) is 2.59. The number of methoxy groups -OCH3 is 1. The fraction of sp³-hybridized carbons (Fsp3) is 0.625. The molecule has 0 amide bonds. The minimum atomic E-state index is 0.195. The topological polar surface area (TPSA) is 60.0 Å². The van der Waals surface area contributed by atoms with Crippen molar-refractivity contribution in [1.82, 2.24) is 5.32 Å². The van der Waals surface area contributed by atoms with Gasteiger partial charge in [0.1, 0.15) is 13.2 Å². The van der Waals surface area contributed by atoms with E-state index in [1.54, 1.807) is 7.11 Å². The van der Waals surface area contributed by atoms with Crippen molar-refractivity contribution in [3.05, 3.63) is 17.7 Å². The maximum Gasteiger partial charge on any atom is 0.203 e. The van der Waals surface area contributed by atoms with Gasteiger partial charge >= 0.3 is 0 Å². The van der Waals surface area contributed by atoms with Crippen LogP contribution in [0.2, 0.25) is 0 Å². The van der Waals surface area contributed by atoms with Gasteiger partial charge in [-0.1, -0.05) is 13.8 Å². The van der Waals surface area contributed by atoms with E-state index in [-0.39, 0.29) is 12.6 Å². The van der Waals surface area contributed by atoms with Crippen LogP contribution in [0.4, 0.5) is 0 Å². The lowest BCUT2D eigenvalue weighted by atomic mass is 10.0. The number of hydrogen-bond acceptors (Lipinski definition) is 5. The number of hydrogen-bond donors (Lipinski definition) is 2. The lowest BCUT2D eigenvalue weighted by Gasteiger charge is -2.24. The summed E-state index contributed by atoms with van der Waals surface area (Å²) >= 11 is 0. The van der Waals surface area contributed by atoms with Crippen LogP contribution in [0.25, 0.3) is 0 Å². The quantitative estimate of drug-likeness (QED) is 0.805. The smallest absolute Gasteiger partial charge is 0.203 e. The Kier molecular flexibility index (Phi) is 5.70. The molecule has 1 heterocycles. The van der Waals surface area contributed by atoms with Gasteiger partial charge < -0.3 is 24.6 Å². The van der Waals surface area contributed by atoms with Crippen molar-refractivity contribution in [3.63, 3.8) is 0 Å². The molecule has 5 heteroatoms. The van der Waals surface area contributed by atoms with Gasteiger partial charge in [0, 0.05) is 19.2 Å². The Balaban J connectivity index is 2.09. The van der Waals surface area contributed by atoms with E-state index in [9.17, 15) is 0 Å². The van der Waals surface area contributed by atoms with Crippen molar-refractivity contribution in [2.24, 2.45) is 5.92 Å². The molecular formula is C16H25NO4. The van der Waals surface area contributed by atoms with Crippen molar-refractivity contribution in [1.29, 1.82) is 0 Å². The van der Waals surface area contributed by atoms with Crippen LogP contribution in [-0.4, -0.2) is 38.1 Å². The van der Waals surface area contributed by atoms with Crippen molar-refractivity contribution in [2.45, 2.75) is 32.9 Å². The minimum Gasteiger partial charge on any atom is -0.493 e. The maximum atomic E-state index is 9.13. The van der Waals surface area contributed by atoms with Gasteiger partial charge in [0.05, 0.1) is 7.11 Å². The van der Waals surface area contributed by atoms with Gasteiger partial charge in [-0.05, 0) is 30.0 Å². The van der Waals surface area contributed by atoms with Crippen LogP contribution in [0.1, 0.15) is 25.8 Å². The largest absolute Gasteiger partial charge is 0.493 e. The zero-order valence-electron chi connectivity index (χ0n) is 13.0. The average molecular weight is 295 g/mol. The zero-order valence-corrected chi connectivity index (χ0v) is 13.0. The summed E-state index contributed by atoms with van der Waals surface area (Å²) in [6.45, 7) is 6.31. The van der Waals surface area contributed by atoms with Crippen molar-refractivity contribution in [2.75, 3.05) is 26.9 Å². The van der Waals surface area contributed by atoms with Crippen LogP contribution in [0, 0.1) is 5.92 Å². The average Bonchev–Trinajstić information content (AvgIpc) is 2.50. The van der Waals surface area contributed by atoms with E-state index in [2.05, 4.69) is 19.2 Å². The first-order valence-electron chi connectivity index (χ1n) is 7.46. The van der Waals surface area contributed by atoms with E-state index in [4.69, 9.17) is 19.3 Å². The van der Waals surface area contributed by atoms with Gasteiger partial charge in [-0.25, -0.2) is 0 Å². The number of fused-ring (bicyclic) bond motifs is 1. The number of aliphatic hydroxyl groups is 1. The van der Waals surface area contributed by atoms with Gasteiger partial charge in [0.2, 0.25) is 5.75 Å². The number of benzene rings is 1. The Hall–Kier alpha value is -1.46. The van der Waals surface area contributed by atoms with Crippen molar-refractivity contribution >= 4 is 0 Å². The molecule has 0 bridgehead atoms. The summed E-state index contributed by atoms with van der Waals surface area (Å²) in [5, 5.41) is 12.6. The molecule has 0 aromatic heterocycles. The monoisotopic (exact) mass is 295 g/mol. The third-order valence-corrected chi connectivity index (χ3v) is 3.70. The Morgan fingerprint density at radius 2 is 2.05 bits per heavy atom. The molecule has 2 N–H and O–H groups in total. The summed E-state index contributed by atoms with van der Waals surface area (Å²) in [4.78, 5) is 0. The van der Waals surface area contributed by atoms with Gasteiger partial charge in [0.15, 0.2) is 11.5 Å². The Morgan fingerprint density at radius 3 is 2.71 bits per heavy atom. The maximum absolute atomic E-state index is 9.13. The van der Waals surface area contributed by atoms with Crippen LogP contribution in [0.15, 0.2) is 12.1 Å². The second-order valence-electron chi connectivity index (χ2n) is 5.57. The number of nitrogens with one attached hydrogen (secondary N) is 1. The minimum absolute atomic E-state index is 0.195. The van der Waals surface area contributed by atoms with E-state index in [0.29, 0.717) is 37.2 Å². The van der Waals surface area contributed by atoms with E-state index < -0.39 is 0 Å². The first-order chi connectivity index (χ1) is 10.2. The van der Waals surface area contributed by atoms with Crippen LogP contribution in [-0.2, 0) is 6.54 Å². The highest BCUT2D eigenvalue weighted by atomic mass is 16.6. The summed E-state index contributed by atoms with van der Waals surface area (Å²) in [6, 6.07) is 4.24. The number of rotatable bonds is 7. The highest BCUT2D eigenvalue weighted by Crippen LogP contribution is 2.40. The summed E-state index contributed by atoms with van der Waals surface area (Å²) in [6.07, 6.45) is 0.749. The third-order valence-electron chi connectivity index (χ3n) is 3.70. The lowest BCUT2D eigenvalue weighted by molar-refractivity contribution is 0.165. The Labute approximate surface area is 126 Å². The molecule has 21 heavy (non-hydrogen) atoms. The first kappa shape index (κ1) is 15.9. The number of aliphatic hydroxyl groups excluding tert-OH is 1. The third kappa shape index (κ3) is 4.02.